The van der Waals surface area contributed by atoms with Crippen molar-refractivity contribution in [3.63, 3.8) is 0 Å². The number of nitrogens with one attached hydrogen (secondary N) is 1. The molecule has 4 heteroatoms. The molecule has 0 aliphatic rings. The molecule has 1 atom stereocenters. The molecular formula is C15H20FN3. The van der Waals surface area contributed by atoms with Gasteiger partial charge in [-0.25, -0.2) is 9.07 Å². The summed E-state index contributed by atoms with van der Waals surface area (Å²) < 4.78 is 16.0. The lowest BCUT2D eigenvalue weighted by Crippen LogP contribution is -2.17. The van der Waals surface area contributed by atoms with E-state index in [4.69, 9.17) is 0 Å². The molecule has 0 aliphatic carbocycles. The Morgan fingerprint density at radius 1 is 1.26 bits per heavy atom. The Kier molecular flexibility index (Phi) is 3.71. The molecule has 1 aromatic heterocycles. The number of rotatable bonds is 3. The van der Waals surface area contributed by atoms with Gasteiger partial charge in [0.05, 0.1) is 11.4 Å². The van der Waals surface area contributed by atoms with Gasteiger partial charge in [0.2, 0.25) is 0 Å². The Balaban J connectivity index is 2.68. The molecule has 2 aromatic rings. The Morgan fingerprint density at radius 3 is 2.47 bits per heavy atom. The monoisotopic (exact) mass is 261 g/mol. The third-order valence-corrected chi connectivity index (χ3v) is 3.78. The van der Waals surface area contributed by atoms with Crippen molar-refractivity contribution < 1.29 is 4.39 Å². The SMILES string of the molecule is CNC(C)c1c(F)cccc1-n1nc(C)c(C)c1C. The summed E-state index contributed by atoms with van der Waals surface area (Å²) in [5.74, 6) is -0.204. The first kappa shape index (κ1) is 13.7. The van der Waals surface area contributed by atoms with Gasteiger partial charge in [-0.05, 0) is 52.4 Å². The van der Waals surface area contributed by atoms with Crippen molar-refractivity contribution >= 4 is 0 Å². The molecule has 1 aromatic carbocycles. The van der Waals surface area contributed by atoms with Gasteiger partial charge in [-0.3, -0.25) is 0 Å². The van der Waals surface area contributed by atoms with Gasteiger partial charge >= 0.3 is 0 Å². The van der Waals surface area contributed by atoms with E-state index >= 15 is 0 Å². The van der Waals surface area contributed by atoms with Crippen molar-refractivity contribution in [2.75, 3.05) is 7.05 Å². The molecule has 0 radical (unpaired) electrons. The van der Waals surface area contributed by atoms with Crippen LogP contribution in [0.25, 0.3) is 5.69 Å². The highest BCUT2D eigenvalue weighted by Gasteiger charge is 2.18. The molecule has 0 fully saturated rings. The highest BCUT2D eigenvalue weighted by atomic mass is 19.1. The molecule has 3 nitrogen and oxygen atoms in total. The fourth-order valence-corrected chi connectivity index (χ4v) is 2.24. The number of hydrogen-bond acceptors (Lipinski definition) is 2. The van der Waals surface area contributed by atoms with Crippen LogP contribution in [0.15, 0.2) is 18.2 Å². The highest BCUT2D eigenvalue weighted by molar-refractivity contribution is 5.45. The first-order chi connectivity index (χ1) is 8.97. The van der Waals surface area contributed by atoms with E-state index in [1.807, 2.05) is 45.5 Å². The van der Waals surface area contributed by atoms with Gasteiger partial charge in [0, 0.05) is 17.3 Å². The van der Waals surface area contributed by atoms with Gasteiger partial charge < -0.3 is 5.32 Å². The lowest BCUT2D eigenvalue weighted by Gasteiger charge is -2.17. The number of halogens is 1. The molecule has 1 N–H and O–H groups in total. The molecule has 19 heavy (non-hydrogen) atoms. The van der Waals surface area contributed by atoms with Crippen molar-refractivity contribution in [3.8, 4) is 5.69 Å². The molecule has 102 valence electrons. The Hall–Kier alpha value is -1.68. The molecule has 2 rings (SSSR count). The lowest BCUT2D eigenvalue weighted by atomic mass is 10.1. The van der Waals surface area contributed by atoms with Crippen LogP contribution in [0.3, 0.4) is 0 Å². The first-order valence-electron chi connectivity index (χ1n) is 6.46. The highest BCUT2D eigenvalue weighted by Crippen LogP contribution is 2.26. The van der Waals surface area contributed by atoms with Crippen LogP contribution in [0.4, 0.5) is 4.39 Å². The van der Waals surface area contributed by atoms with E-state index in [2.05, 4.69) is 10.4 Å². The van der Waals surface area contributed by atoms with Crippen molar-refractivity contribution in [2.24, 2.45) is 0 Å². The second-order valence-electron chi connectivity index (χ2n) is 4.89. The molecule has 0 saturated heterocycles. The zero-order valence-corrected chi connectivity index (χ0v) is 12.1. The molecule has 0 bridgehead atoms. The topological polar surface area (TPSA) is 29.9 Å². The van der Waals surface area contributed by atoms with Gasteiger partial charge in [0.15, 0.2) is 0 Å². The lowest BCUT2D eigenvalue weighted by molar-refractivity contribution is 0.556. The Morgan fingerprint density at radius 2 is 1.95 bits per heavy atom. The Labute approximate surface area is 113 Å². The summed E-state index contributed by atoms with van der Waals surface area (Å²) in [6.45, 7) is 7.96. The van der Waals surface area contributed by atoms with Crippen LogP contribution < -0.4 is 5.32 Å². The number of hydrogen-bond donors (Lipinski definition) is 1. The van der Waals surface area contributed by atoms with Crippen molar-refractivity contribution in [1.29, 1.82) is 0 Å². The van der Waals surface area contributed by atoms with Crippen molar-refractivity contribution in [3.05, 3.63) is 46.5 Å². The summed E-state index contributed by atoms with van der Waals surface area (Å²) >= 11 is 0. The van der Waals surface area contributed by atoms with Gasteiger partial charge in [-0.1, -0.05) is 6.07 Å². The summed E-state index contributed by atoms with van der Waals surface area (Å²) in [5, 5.41) is 7.61. The standard InChI is InChI=1S/C15H20FN3/c1-9-10(2)18-19(12(9)4)14-8-6-7-13(16)15(14)11(3)17-5/h6-8,11,17H,1-5H3. The third-order valence-electron chi connectivity index (χ3n) is 3.78. The van der Waals surface area contributed by atoms with Gasteiger partial charge in [-0.15, -0.1) is 0 Å². The molecule has 0 aliphatic heterocycles. The summed E-state index contributed by atoms with van der Waals surface area (Å²) in [7, 11) is 1.83. The van der Waals surface area contributed by atoms with Crippen molar-refractivity contribution in [2.45, 2.75) is 33.7 Å². The first-order valence-corrected chi connectivity index (χ1v) is 6.46. The minimum absolute atomic E-state index is 0.0691. The predicted octanol–water partition coefficient (Wildman–Crippen LogP) is 3.22. The molecular weight excluding hydrogens is 241 g/mol. The van der Waals surface area contributed by atoms with Crippen molar-refractivity contribution in [1.82, 2.24) is 15.1 Å². The van der Waals surface area contributed by atoms with Crippen LogP contribution >= 0.6 is 0 Å². The maximum Gasteiger partial charge on any atom is 0.130 e. The van der Waals surface area contributed by atoms with E-state index in [-0.39, 0.29) is 11.9 Å². The number of nitrogens with zero attached hydrogens (tertiary/aromatic N) is 2. The van der Waals surface area contributed by atoms with E-state index in [1.54, 1.807) is 6.07 Å². The zero-order chi connectivity index (χ0) is 14.2. The molecule has 0 amide bonds. The second kappa shape index (κ2) is 5.13. The largest absolute Gasteiger partial charge is 0.313 e. The van der Waals surface area contributed by atoms with Crippen LogP contribution in [0.1, 0.15) is 35.5 Å². The summed E-state index contributed by atoms with van der Waals surface area (Å²) in [4.78, 5) is 0. The maximum absolute atomic E-state index is 14.1. The van der Waals surface area contributed by atoms with E-state index in [9.17, 15) is 4.39 Å². The van der Waals surface area contributed by atoms with Crippen LogP contribution in [-0.4, -0.2) is 16.8 Å². The van der Waals surface area contributed by atoms with E-state index in [1.165, 1.54) is 6.07 Å². The van der Waals surface area contributed by atoms with Gasteiger partial charge in [0.1, 0.15) is 5.82 Å². The number of benzene rings is 1. The van der Waals surface area contributed by atoms with Crippen LogP contribution in [0.5, 0.6) is 0 Å². The third kappa shape index (κ3) is 2.28. The second-order valence-corrected chi connectivity index (χ2v) is 4.89. The minimum Gasteiger partial charge on any atom is -0.313 e. The van der Waals surface area contributed by atoms with Gasteiger partial charge in [0.25, 0.3) is 0 Å². The summed E-state index contributed by atoms with van der Waals surface area (Å²) in [6, 6.07) is 5.05. The van der Waals surface area contributed by atoms with Crippen LogP contribution in [0, 0.1) is 26.6 Å². The fourth-order valence-electron chi connectivity index (χ4n) is 2.24. The minimum atomic E-state index is -0.204. The van der Waals surface area contributed by atoms with Crippen LogP contribution in [-0.2, 0) is 0 Å². The molecule has 0 saturated carbocycles. The average Bonchev–Trinajstić information content (AvgIpc) is 2.65. The maximum atomic E-state index is 14.1. The summed E-state index contributed by atoms with van der Waals surface area (Å²) in [6.07, 6.45) is 0. The van der Waals surface area contributed by atoms with E-state index in [0.29, 0.717) is 5.56 Å². The van der Waals surface area contributed by atoms with Gasteiger partial charge in [-0.2, -0.15) is 5.10 Å². The quantitative estimate of drug-likeness (QED) is 0.919. The molecule has 0 spiro atoms. The summed E-state index contributed by atoms with van der Waals surface area (Å²) in [5.41, 5.74) is 4.62. The molecule has 1 unspecified atom stereocenters. The normalized spacial score (nSPS) is 12.7. The Bertz CT molecular complexity index is 602. The van der Waals surface area contributed by atoms with E-state index < -0.39 is 0 Å². The zero-order valence-electron chi connectivity index (χ0n) is 12.1. The van der Waals surface area contributed by atoms with E-state index in [0.717, 1.165) is 22.6 Å². The molecule has 1 heterocycles. The average molecular weight is 261 g/mol. The van der Waals surface area contributed by atoms with Crippen LogP contribution in [0.2, 0.25) is 0 Å². The number of aryl methyl sites for hydroxylation is 1. The fraction of sp³-hybridized carbons (Fsp3) is 0.400. The number of aromatic nitrogens is 2. The predicted molar refractivity (Wildman–Crippen MR) is 75.2 cm³/mol. The smallest absolute Gasteiger partial charge is 0.130 e.